The first-order chi connectivity index (χ1) is 15.8. The van der Waals surface area contributed by atoms with Crippen LogP contribution in [0.1, 0.15) is 25.8 Å². The Hall–Kier alpha value is -3.21. The number of pyridine rings is 1. The number of carbonyl (C=O) groups is 1. The molecule has 0 spiro atoms. The molecular weight excluding hydrogens is 456 g/mol. The predicted octanol–water partition coefficient (Wildman–Crippen LogP) is 5.93. The van der Waals surface area contributed by atoms with Gasteiger partial charge in [0.15, 0.2) is 5.11 Å². The molecule has 3 aromatic rings. The highest BCUT2D eigenvalue weighted by atomic mass is 35.5. The highest BCUT2D eigenvalue weighted by Crippen LogP contribution is 2.39. The molecule has 0 saturated carbocycles. The number of hydrogen-bond acceptors (Lipinski definition) is 4. The second kappa shape index (κ2) is 8.97. The number of fused-ring (bicyclic) bond motifs is 1. The third-order valence-corrected chi connectivity index (χ3v) is 6.81. The molecule has 1 amide bonds. The summed E-state index contributed by atoms with van der Waals surface area (Å²) in [4.78, 5) is 24.3. The number of carbonyl (C=O) groups excluding carboxylic acids is 1. The fourth-order valence-corrected chi connectivity index (χ4v) is 4.68. The zero-order valence-corrected chi connectivity index (χ0v) is 20.2. The third kappa shape index (κ3) is 4.12. The summed E-state index contributed by atoms with van der Waals surface area (Å²) in [5, 5.41) is 2.91. The maximum atomic E-state index is 13.3. The Kier molecular flexibility index (Phi) is 6.24. The van der Waals surface area contributed by atoms with E-state index in [-0.39, 0.29) is 5.91 Å². The van der Waals surface area contributed by atoms with Crippen LogP contribution in [0.3, 0.4) is 0 Å². The van der Waals surface area contributed by atoms with E-state index in [1.807, 2.05) is 49.2 Å². The molecule has 0 unspecified atom stereocenters. The zero-order valence-electron chi connectivity index (χ0n) is 18.6. The Morgan fingerprint density at radius 2 is 2.00 bits per heavy atom. The first-order valence-corrected chi connectivity index (χ1v) is 11.3. The van der Waals surface area contributed by atoms with Gasteiger partial charge in [-0.3, -0.25) is 14.7 Å². The van der Waals surface area contributed by atoms with Gasteiger partial charge in [0.25, 0.3) is 5.91 Å². The predicted molar refractivity (Wildman–Crippen MR) is 135 cm³/mol. The smallest absolute Gasteiger partial charge is 0.258 e. The second-order valence-corrected chi connectivity index (χ2v) is 9.12. The Morgan fingerprint density at radius 1 is 1.21 bits per heavy atom. The minimum absolute atomic E-state index is 0.119. The second-order valence-electron chi connectivity index (χ2n) is 8.38. The van der Waals surface area contributed by atoms with Crippen LogP contribution in [-0.4, -0.2) is 39.6 Å². The van der Waals surface area contributed by atoms with E-state index in [4.69, 9.17) is 35.1 Å². The van der Waals surface area contributed by atoms with Gasteiger partial charge in [0, 0.05) is 24.3 Å². The molecule has 0 N–H and O–H groups in total. The summed E-state index contributed by atoms with van der Waals surface area (Å²) in [5.41, 5.74) is 0.826. The number of nitrogens with zero attached hydrogens (tertiary/aromatic N) is 4. The van der Waals surface area contributed by atoms with E-state index in [9.17, 15) is 4.79 Å². The average Bonchev–Trinajstić information content (AvgIpc) is 2.97. The zero-order chi connectivity index (χ0) is 23.8. The highest BCUT2D eigenvalue weighted by Gasteiger charge is 2.49. The first kappa shape index (κ1) is 23.0. The molecule has 2 aromatic carbocycles. The van der Waals surface area contributed by atoms with Gasteiger partial charge in [0.1, 0.15) is 11.3 Å². The molecule has 168 valence electrons. The number of benzene rings is 2. The molecular formula is C25H23ClN4O2S. The van der Waals surface area contributed by atoms with E-state index in [1.165, 1.54) is 4.90 Å². The molecule has 2 heterocycles. The number of rotatable bonds is 6. The lowest BCUT2D eigenvalue weighted by molar-refractivity contribution is -0.123. The number of aromatic nitrogens is 1. The normalized spacial score (nSPS) is 15.2. The van der Waals surface area contributed by atoms with Crippen molar-refractivity contribution in [3.05, 3.63) is 70.8 Å². The van der Waals surface area contributed by atoms with Crippen LogP contribution in [0, 0.1) is 13.5 Å². The van der Waals surface area contributed by atoms with Crippen molar-refractivity contribution in [3.8, 4) is 5.75 Å². The van der Waals surface area contributed by atoms with E-state index in [2.05, 4.69) is 9.83 Å². The number of ether oxygens (including phenoxy) is 1. The number of halogens is 1. The minimum Gasteiger partial charge on any atom is -0.494 e. The molecule has 8 heteroatoms. The van der Waals surface area contributed by atoms with Gasteiger partial charge in [-0.2, -0.15) is 0 Å². The summed E-state index contributed by atoms with van der Waals surface area (Å²) in [7, 11) is 0. The van der Waals surface area contributed by atoms with Crippen molar-refractivity contribution in [1.29, 1.82) is 0 Å². The number of amides is 1. The topological polar surface area (TPSA) is 50.0 Å². The van der Waals surface area contributed by atoms with Crippen LogP contribution in [0.5, 0.6) is 5.75 Å². The standard InChI is InChI=1S/C25H23ClN4O2S/c1-16-21(9-8-20(27-4)22(16)26)30-23(31)25(2,3)29(24(30)33)12-5-13-32-19-7-6-18-15-28-11-10-17(18)14-19/h6-11,14-15H,5,12-13H2,1-3H3. The van der Waals surface area contributed by atoms with Crippen LogP contribution in [0.2, 0.25) is 5.02 Å². The van der Waals surface area contributed by atoms with E-state index in [1.54, 1.807) is 25.3 Å². The number of hydrogen-bond donors (Lipinski definition) is 0. The van der Waals surface area contributed by atoms with E-state index < -0.39 is 5.54 Å². The van der Waals surface area contributed by atoms with Gasteiger partial charge >= 0.3 is 0 Å². The Bertz CT molecular complexity index is 1300. The lowest BCUT2D eigenvalue weighted by atomic mass is 10.0. The quantitative estimate of drug-likeness (QED) is 0.250. The molecule has 0 atom stereocenters. The molecule has 1 fully saturated rings. The molecule has 0 radical (unpaired) electrons. The molecule has 1 saturated heterocycles. The summed E-state index contributed by atoms with van der Waals surface area (Å²) in [6, 6.07) is 11.2. The molecule has 33 heavy (non-hydrogen) atoms. The van der Waals surface area contributed by atoms with Gasteiger partial charge in [-0.05, 0) is 80.7 Å². The van der Waals surface area contributed by atoms with Crippen LogP contribution in [0.25, 0.3) is 15.6 Å². The number of thiocarbonyl (C=S) groups is 1. The van der Waals surface area contributed by atoms with Crippen LogP contribution in [-0.2, 0) is 4.79 Å². The average molecular weight is 479 g/mol. The van der Waals surface area contributed by atoms with Crippen LogP contribution < -0.4 is 9.64 Å². The Balaban J connectivity index is 1.46. The molecule has 0 bridgehead atoms. The van der Waals surface area contributed by atoms with Gasteiger partial charge in [0.2, 0.25) is 5.69 Å². The largest absolute Gasteiger partial charge is 0.494 e. The summed E-state index contributed by atoms with van der Waals surface area (Å²) >= 11 is 12.1. The summed E-state index contributed by atoms with van der Waals surface area (Å²) < 4.78 is 5.94. The Morgan fingerprint density at radius 3 is 2.76 bits per heavy atom. The molecule has 1 aromatic heterocycles. The van der Waals surface area contributed by atoms with Crippen molar-refractivity contribution in [2.24, 2.45) is 0 Å². The molecule has 0 aliphatic carbocycles. The monoisotopic (exact) mass is 478 g/mol. The summed E-state index contributed by atoms with van der Waals surface area (Å²) in [6.07, 6.45) is 4.27. The van der Waals surface area contributed by atoms with E-state index in [0.29, 0.717) is 46.6 Å². The van der Waals surface area contributed by atoms with Crippen molar-refractivity contribution in [1.82, 2.24) is 9.88 Å². The Labute approximate surface area is 203 Å². The lowest BCUT2D eigenvalue weighted by Gasteiger charge is -2.29. The van der Waals surface area contributed by atoms with Crippen molar-refractivity contribution in [2.45, 2.75) is 32.7 Å². The fraction of sp³-hybridized carbons (Fsp3) is 0.280. The van der Waals surface area contributed by atoms with Crippen molar-refractivity contribution < 1.29 is 9.53 Å². The van der Waals surface area contributed by atoms with Crippen LogP contribution >= 0.6 is 23.8 Å². The fourth-order valence-electron chi connectivity index (χ4n) is 3.98. The van der Waals surface area contributed by atoms with Gasteiger partial charge in [-0.15, -0.1) is 0 Å². The molecule has 1 aliphatic rings. The highest BCUT2D eigenvalue weighted by molar-refractivity contribution is 7.80. The van der Waals surface area contributed by atoms with Crippen LogP contribution in [0.4, 0.5) is 11.4 Å². The first-order valence-electron chi connectivity index (χ1n) is 10.5. The maximum Gasteiger partial charge on any atom is 0.258 e. The molecule has 1 aliphatic heterocycles. The number of anilines is 1. The van der Waals surface area contributed by atoms with Gasteiger partial charge in [-0.25, -0.2) is 4.85 Å². The molecule has 4 rings (SSSR count). The van der Waals surface area contributed by atoms with Gasteiger partial charge in [-0.1, -0.05) is 17.7 Å². The summed E-state index contributed by atoms with van der Waals surface area (Å²) in [5.74, 6) is 0.672. The van der Waals surface area contributed by atoms with E-state index in [0.717, 1.165) is 16.5 Å². The molecule has 6 nitrogen and oxygen atoms in total. The van der Waals surface area contributed by atoms with Crippen molar-refractivity contribution in [2.75, 3.05) is 18.1 Å². The van der Waals surface area contributed by atoms with Gasteiger partial charge in [0.05, 0.1) is 23.9 Å². The van der Waals surface area contributed by atoms with Crippen molar-refractivity contribution >= 4 is 57.0 Å². The minimum atomic E-state index is -0.801. The van der Waals surface area contributed by atoms with Crippen LogP contribution in [0.15, 0.2) is 48.8 Å². The maximum absolute atomic E-state index is 13.3. The lowest BCUT2D eigenvalue weighted by Crippen LogP contribution is -2.44. The van der Waals surface area contributed by atoms with Gasteiger partial charge < -0.3 is 9.64 Å². The summed E-state index contributed by atoms with van der Waals surface area (Å²) in [6.45, 7) is 13.8. The van der Waals surface area contributed by atoms with E-state index >= 15 is 0 Å². The van der Waals surface area contributed by atoms with Crippen molar-refractivity contribution in [3.63, 3.8) is 0 Å². The SMILES string of the molecule is [C-]#[N+]c1ccc(N2C(=O)C(C)(C)N(CCCOc3ccc4cnccc4c3)C2=S)c(C)c1Cl. The third-order valence-electron chi connectivity index (χ3n) is 5.93.